The zero-order valence-corrected chi connectivity index (χ0v) is 15.1. The number of esters is 1. The Morgan fingerprint density at radius 1 is 1.11 bits per heavy atom. The Hall–Kier alpha value is -3.09. The van der Waals surface area contributed by atoms with Crippen molar-refractivity contribution in [1.29, 1.82) is 0 Å². The van der Waals surface area contributed by atoms with Gasteiger partial charge in [0.25, 0.3) is 5.91 Å². The quantitative estimate of drug-likeness (QED) is 0.787. The summed E-state index contributed by atoms with van der Waals surface area (Å²) in [5, 5.41) is 4.95. The average Bonchev–Trinajstić information content (AvgIpc) is 3.33. The third kappa shape index (κ3) is 4.75. The van der Waals surface area contributed by atoms with Crippen molar-refractivity contribution in [3.8, 4) is 11.1 Å². The van der Waals surface area contributed by atoms with E-state index in [2.05, 4.69) is 10.6 Å². The molecule has 0 radical (unpaired) electrons. The van der Waals surface area contributed by atoms with Crippen LogP contribution < -0.4 is 10.6 Å². The maximum absolute atomic E-state index is 12.4. The van der Waals surface area contributed by atoms with Crippen LogP contribution in [0.5, 0.6) is 0 Å². The summed E-state index contributed by atoms with van der Waals surface area (Å²) in [4.78, 5) is 36.4. The number of hydrogen-bond donors (Lipinski definition) is 2. The number of imide groups is 1. The average molecular weight is 370 g/mol. The molecule has 0 saturated heterocycles. The van der Waals surface area contributed by atoms with Gasteiger partial charge in [-0.1, -0.05) is 43.2 Å². The van der Waals surface area contributed by atoms with Crippen LogP contribution in [0.1, 0.15) is 43.2 Å². The molecule has 1 aromatic carbocycles. The van der Waals surface area contributed by atoms with Gasteiger partial charge in [0.15, 0.2) is 6.10 Å². The Kier molecular flexibility index (Phi) is 5.90. The number of nitrogens with one attached hydrogen (secondary N) is 2. The number of carbonyl (C=O) groups is 3. The van der Waals surface area contributed by atoms with Crippen molar-refractivity contribution >= 4 is 17.9 Å². The molecule has 7 nitrogen and oxygen atoms in total. The van der Waals surface area contributed by atoms with E-state index in [1.807, 2.05) is 30.3 Å². The largest absolute Gasteiger partial charge is 0.457 e. The lowest BCUT2D eigenvalue weighted by Crippen LogP contribution is -2.47. The first-order chi connectivity index (χ1) is 13.0. The number of rotatable bonds is 5. The van der Waals surface area contributed by atoms with Crippen LogP contribution in [0.25, 0.3) is 11.1 Å². The number of carbonyl (C=O) groups excluding carboxylic acids is 3. The smallest absolute Gasteiger partial charge is 0.375 e. The van der Waals surface area contributed by atoms with E-state index in [4.69, 9.17) is 9.15 Å². The van der Waals surface area contributed by atoms with E-state index in [0.717, 1.165) is 31.2 Å². The molecule has 1 aliphatic carbocycles. The fourth-order valence-corrected chi connectivity index (χ4v) is 3.09. The van der Waals surface area contributed by atoms with Gasteiger partial charge in [-0.3, -0.25) is 10.1 Å². The number of ether oxygens (including phenoxy) is 1. The molecule has 1 fully saturated rings. The van der Waals surface area contributed by atoms with Crippen molar-refractivity contribution in [2.24, 2.45) is 0 Å². The van der Waals surface area contributed by atoms with E-state index in [0.29, 0.717) is 5.56 Å². The third-order valence-corrected chi connectivity index (χ3v) is 4.52. The van der Waals surface area contributed by atoms with Crippen LogP contribution >= 0.6 is 0 Å². The molecule has 1 aromatic heterocycles. The third-order valence-electron chi connectivity index (χ3n) is 4.52. The van der Waals surface area contributed by atoms with E-state index >= 15 is 0 Å². The van der Waals surface area contributed by atoms with Gasteiger partial charge >= 0.3 is 12.0 Å². The molecule has 142 valence electrons. The van der Waals surface area contributed by atoms with Gasteiger partial charge in [-0.05, 0) is 31.4 Å². The van der Waals surface area contributed by atoms with Gasteiger partial charge in [0.1, 0.15) is 0 Å². The maximum Gasteiger partial charge on any atom is 0.375 e. The highest BCUT2D eigenvalue weighted by Gasteiger charge is 2.25. The molecule has 27 heavy (non-hydrogen) atoms. The van der Waals surface area contributed by atoms with Crippen LogP contribution in [0.2, 0.25) is 0 Å². The Morgan fingerprint density at radius 3 is 2.52 bits per heavy atom. The molecule has 1 aliphatic rings. The number of benzene rings is 1. The predicted molar refractivity (Wildman–Crippen MR) is 98.0 cm³/mol. The molecule has 2 aromatic rings. The van der Waals surface area contributed by atoms with Crippen LogP contribution in [0.3, 0.4) is 0 Å². The summed E-state index contributed by atoms with van der Waals surface area (Å²) >= 11 is 0. The monoisotopic (exact) mass is 370 g/mol. The summed E-state index contributed by atoms with van der Waals surface area (Å²) in [5.74, 6) is -1.44. The lowest BCUT2D eigenvalue weighted by atomic mass is 10.1. The number of amides is 3. The molecular formula is C20H22N2O5. The van der Waals surface area contributed by atoms with E-state index < -0.39 is 24.0 Å². The van der Waals surface area contributed by atoms with Gasteiger partial charge in [0.05, 0.1) is 6.26 Å². The first-order valence-electron chi connectivity index (χ1n) is 9.00. The first-order valence-corrected chi connectivity index (χ1v) is 9.00. The van der Waals surface area contributed by atoms with Gasteiger partial charge in [-0.15, -0.1) is 0 Å². The Bertz CT molecular complexity index is 809. The van der Waals surface area contributed by atoms with Crippen molar-refractivity contribution in [3.63, 3.8) is 0 Å². The van der Waals surface area contributed by atoms with Crippen LogP contribution in [-0.2, 0) is 9.53 Å². The lowest BCUT2D eigenvalue weighted by molar-refractivity contribution is -0.128. The Labute approximate surface area is 157 Å². The van der Waals surface area contributed by atoms with Crippen molar-refractivity contribution in [3.05, 3.63) is 48.4 Å². The Morgan fingerprint density at radius 2 is 1.81 bits per heavy atom. The maximum atomic E-state index is 12.4. The van der Waals surface area contributed by atoms with E-state index in [-0.39, 0.29) is 11.8 Å². The molecule has 0 aliphatic heterocycles. The topological polar surface area (TPSA) is 97.6 Å². The van der Waals surface area contributed by atoms with E-state index in [9.17, 15) is 14.4 Å². The standard InChI is InChI=1S/C20H22N2O5/c1-13(18(23)22-20(25)21-15-9-5-6-10-15)27-19(24)17-16(11-12-26-17)14-7-3-2-4-8-14/h2-4,7-8,11-13,15H,5-6,9-10H2,1H3,(H2,21,22,23,25). The highest BCUT2D eigenvalue weighted by Crippen LogP contribution is 2.25. The minimum Gasteiger partial charge on any atom is -0.457 e. The van der Waals surface area contributed by atoms with Crippen LogP contribution in [0, 0.1) is 0 Å². The summed E-state index contributed by atoms with van der Waals surface area (Å²) < 4.78 is 10.4. The van der Waals surface area contributed by atoms with E-state index in [1.165, 1.54) is 13.2 Å². The summed E-state index contributed by atoms with van der Waals surface area (Å²) in [7, 11) is 0. The molecule has 0 spiro atoms. The second kappa shape index (κ2) is 8.53. The zero-order chi connectivity index (χ0) is 19.2. The zero-order valence-electron chi connectivity index (χ0n) is 15.1. The molecule has 2 N–H and O–H groups in total. The molecule has 1 saturated carbocycles. The number of furan rings is 1. The fraction of sp³-hybridized carbons (Fsp3) is 0.350. The predicted octanol–water partition coefficient (Wildman–Crippen LogP) is 3.26. The summed E-state index contributed by atoms with van der Waals surface area (Å²) in [5.41, 5.74) is 1.37. The summed E-state index contributed by atoms with van der Waals surface area (Å²) in [6, 6.07) is 10.4. The van der Waals surface area contributed by atoms with Gasteiger partial charge < -0.3 is 14.5 Å². The van der Waals surface area contributed by atoms with Crippen molar-refractivity contribution in [2.45, 2.75) is 44.8 Å². The van der Waals surface area contributed by atoms with Crippen molar-refractivity contribution < 1.29 is 23.5 Å². The fourth-order valence-electron chi connectivity index (χ4n) is 3.09. The highest BCUT2D eigenvalue weighted by molar-refractivity contribution is 5.99. The lowest BCUT2D eigenvalue weighted by Gasteiger charge is -2.15. The van der Waals surface area contributed by atoms with Gasteiger partial charge in [0.2, 0.25) is 5.76 Å². The molecular weight excluding hydrogens is 348 g/mol. The minimum atomic E-state index is -1.14. The second-order valence-corrected chi connectivity index (χ2v) is 6.52. The summed E-state index contributed by atoms with van der Waals surface area (Å²) in [6.07, 6.45) is 4.21. The van der Waals surface area contributed by atoms with Gasteiger partial charge in [0, 0.05) is 11.6 Å². The number of hydrogen-bond acceptors (Lipinski definition) is 5. The SMILES string of the molecule is CC(OC(=O)c1occc1-c1ccccc1)C(=O)NC(=O)NC1CCCC1. The molecule has 1 unspecified atom stereocenters. The van der Waals surface area contributed by atoms with E-state index in [1.54, 1.807) is 6.07 Å². The number of urea groups is 1. The molecule has 3 amide bonds. The molecule has 7 heteroatoms. The van der Waals surface area contributed by atoms with Gasteiger partial charge in [-0.2, -0.15) is 0 Å². The minimum absolute atomic E-state index is 0.0104. The van der Waals surface area contributed by atoms with Crippen molar-refractivity contribution in [2.75, 3.05) is 0 Å². The van der Waals surface area contributed by atoms with Crippen LogP contribution in [-0.4, -0.2) is 30.1 Å². The molecule has 1 heterocycles. The van der Waals surface area contributed by atoms with Crippen LogP contribution in [0.15, 0.2) is 47.1 Å². The first kappa shape index (κ1) is 18.7. The van der Waals surface area contributed by atoms with Gasteiger partial charge in [-0.25, -0.2) is 9.59 Å². The second-order valence-electron chi connectivity index (χ2n) is 6.52. The Balaban J connectivity index is 1.57. The normalized spacial score (nSPS) is 15.1. The molecule has 1 atom stereocenters. The summed E-state index contributed by atoms with van der Waals surface area (Å²) in [6.45, 7) is 1.40. The van der Waals surface area contributed by atoms with Crippen LogP contribution in [0.4, 0.5) is 4.79 Å². The molecule has 0 bridgehead atoms. The molecule has 3 rings (SSSR count). The highest BCUT2D eigenvalue weighted by atomic mass is 16.6. The van der Waals surface area contributed by atoms with Crippen molar-refractivity contribution in [1.82, 2.24) is 10.6 Å².